The Morgan fingerprint density at radius 3 is 2.83 bits per heavy atom. The number of pyridine rings is 1. The average Bonchev–Trinajstić information content (AvgIpc) is 3.01. The molecule has 2 aromatic rings. The highest BCUT2D eigenvalue weighted by molar-refractivity contribution is 5.83. The third-order valence-corrected chi connectivity index (χ3v) is 3.94. The van der Waals surface area contributed by atoms with Crippen molar-refractivity contribution < 1.29 is 9.53 Å². The summed E-state index contributed by atoms with van der Waals surface area (Å²) in [5.41, 5.74) is 1.04. The molecule has 2 aromatic heterocycles. The fraction of sp³-hybridized carbons (Fsp3) is 0.500. The third kappa shape index (κ3) is 4.34. The first-order chi connectivity index (χ1) is 11.4. The van der Waals surface area contributed by atoms with Crippen molar-refractivity contribution in [2.75, 3.05) is 6.61 Å². The fourth-order valence-electron chi connectivity index (χ4n) is 2.24. The van der Waals surface area contributed by atoms with E-state index in [2.05, 4.69) is 22.2 Å². The van der Waals surface area contributed by atoms with Crippen LogP contribution in [0.4, 0.5) is 0 Å². The van der Waals surface area contributed by atoms with E-state index >= 15 is 0 Å². The fourth-order valence-corrected chi connectivity index (χ4v) is 2.24. The summed E-state index contributed by atoms with van der Waals surface area (Å²) in [5.74, 6) is 0.505. The Morgan fingerprint density at radius 2 is 2.17 bits per heavy atom. The molecule has 0 fully saturated rings. The molecule has 1 N–H and O–H groups in total. The van der Waals surface area contributed by atoms with Crippen molar-refractivity contribution in [3.8, 4) is 5.88 Å². The number of imidazole rings is 1. The number of aryl methyl sites for hydroxylation is 1. The maximum Gasteiger partial charge on any atom is 0.245 e. The lowest BCUT2D eigenvalue weighted by Crippen LogP contribution is -2.43. The summed E-state index contributed by atoms with van der Waals surface area (Å²) < 4.78 is 7.52. The van der Waals surface area contributed by atoms with Crippen molar-refractivity contribution in [1.29, 1.82) is 0 Å². The van der Waals surface area contributed by atoms with Crippen molar-refractivity contribution in [2.24, 2.45) is 0 Å². The number of rotatable bonds is 8. The van der Waals surface area contributed by atoms with Crippen LogP contribution >= 0.6 is 0 Å². The molecule has 0 bridgehead atoms. The number of carbonyl (C=O) groups excluding carboxylic acids is 1. The summed E-state index contributed by atoms with van der Waals surface area (Å²) in [4.78, 5) is 21.1. The molecular weight excluding hydrogens is 304 g/mol. The number of unbranched alkanes of at least 4 members (excludes halogenated alkanes) is 1. The molecule has 0 aliphatic rings. The summed E-state index contributed by atoms with van der Waals surface area (Å²) in [6.07, 6.45) is 7.29. The quantitative estimate of drug-likeness (QED) is 0.756. The Kier molecular flexibility index (Phi) is 5.95. The lowest BCUT2D eigenvalue weighted by molar-refractivity contribution is -0.128. The molecule has 0 atom stereocenters. The normalized spacial score (nSPS) is 11.3. The third-order valence-electron chi connectivity index (χ3n) is 3.94. The van der Waals surface area contributed by atoms with Gasteiger partial charge in [0.05, 0.1) is 18.6 Å². The van der Waals surface area contributed by atoms with E-state index in [1.807, 2.05) is 43.7 Å². The summed E-state index contributed by atoms with van der Waals surface area (Å²) >= 11 is 0. The Bertz CT molecular complexity index is 679. The largest absolute Gasteiger partial charge is 0.477 e. The first-order valence-corrected chi connectivity index (χ1v) is 8.31. The monoisotopic (exact) mass is 330 g/mol. The van der Waals surface area contributed by atoms with Gasteiger partial charge in [0.1, 0.15) is 5.54 Å². The van der Waals surface area contributed by atoms with Crippen LogP contribution in [0.5, 0.6) is 5.88 Å². The Balaban J connectivity index is 2.01. The van der Waals surface area contributed by atoms with Gasteiger partial charge in [0.15, 0.2) is 0 Å². The smallest absolute Gasteiger partial charge is 0.245 e. The maximum absolute atomic E-state index is 12.6. The molecule has 0 radical (unpaired) electrons. The molecule has 130 valence electrons. The van der Waals surface area contributed by atoms with Gasteiger partial charge in [0, 0.05) is 24.5 Å². The summed E-state index contributed by atoms with van der Waals surface area (Å²) in [6, 6.07) is 3.77. The minimum absolute atomic E-state index is 0.0803. The molecule has 0 saturated carbocycles. The second kappa shape index (κ2) is 7.95. The summed E-state index contributed by atoms with van der Waals surface area (Å²) in [7, 11) is 0. The standard InChI is InChI=1S/C18H26N4O2/c1-5-6-10-24-16-15(8-7-9-19-16)11-20-17(23)18(3,4)22-12-14(2)21-13-22/h7-9,12-13H,5-6,10-11H2,1-4H3,(H,20,23). The lowest BCUT2D eigenvalue weighted by atomic mass is 10.0. The van der Waals surface area contributed by atoms with E-state index in [9.17, 15) is 4.79 Å². The molecule has 6 nitrogen and oxygen atoms in total. The summed E-state index contributed by atoms with van der Waals surface area (Å²) in [5, 5.41) is 2.97. The van der Waals surface area contributed by atoms with Crippen molar-refractivity contribution in [1.82, 2.24) is 19.9 Å². The minimum atomic E-state index is -0.716. The predicted molar refractivity (Wildman–Crippen MR) is 92.8 cm³/mol. The first kappa shape index (κ1) is 18.0. The van der Waals surface area contributed by atoms with Gasteiger partial charge in [-0.05, 0) is 33.3 Å². The zero-order valence-corrected chi connectivity index (χ0v) is 14.9. The molecule has 0 aliphatic carbocycles. The molecule has 0 aromatic carbocycles. The average molecular weight is 330 g/mol. The van der Waals surface area contributed by atoms with Gasteiger partial charge in [-0.3, -0.25) is 4.79 Å². The maximum atomic E-state index is 12.6. The van der Waals surface area contributed by atoms with E-state index in [4.69, 9.17) is 4.74 Å². The Hall–Kier alpha value is -2.37. The van der Waals surface area contributed by atoms with E-state index in [1.54, 1.807) is 12.5 Å². The molecule has 2 heterocycles. The van der Waals surface area contributed by atoms with Gasteiger partial charge in [0.2, 0.25) is 11.8 Å². The van der Waals surface area contributed by atoms with Crippen LogP contribution in [0.1, 0.15) is 44.9 Å². The van der Waals surface area contributed by atoms with Crippen molar-refractivity contribution >= 4 is 5.91 Å². The molecule has 0 saturated heterocycles. The number of hydrogen-bond acceptors (Lipinski definition) is 4. The zero-order chi connectivity index (χ0) is 17.6. The van der Waals surface area contributed by atoms with Crippen LogP contribution in [0, 0.1) is 6.92 Å². The topological polar surface area (TPSA) is 69.0 Å². The Labute approximate surface area is 143 Å². The molecule has 1 amide bonds. The summed E-state index contributed by atoms with van der Waals surface area (Å²) in [6.45, 7) is 8.76. The van der Waals surface area contributed by atoms with Gasteiger partial charge in [-0.1, -0.05) is 19.4 Å². The van der Waals surface area contributed by atoms with Crippen LogP contribution < -0.4 is 10.1 Å². The minimum Gasteiger partial charge on any atom is -0.477 e. The van der Waals surface area contributed by atoms with Crippen LogP contribution in [0.25, 0.3) is 0 Å². The van der Waals surface area contributed by atoms with E-state index in [1.165, 1.54) is 0 Å². The second-order valence-electron chi connectivity index (χ2n) is 6.33. The number of carbonyl (C=O) groups is 1. The molecule has 2 rings (SSSR count). The molecule has 6 heteroatoms. The molecule has 0 spiro atoms. The zero-order valence-electron chi connectivity index (χ0n) is 14.9. The molecular formula is C18H26N4O2. The highest BCUT2D eigenvalue weighted by Crippen LogP contribution is 2.18. The van der Waals surface area contributed by atoms with Crippen LogP contribution in [-0.4, -0.2) is 27.0 Å². The highest BCUT2D eigenvalue weighted by atomic mass is 16.5. The first-order valence-electron chi connectivity index (χ1n) is 8.31. The number of hydrogen-bond donors (Lipinski definition) is 1. The van der Waals surface area contributed by atoms with Gasteiger partial charge >= 0.3 is 0 Å². The number of ether oxygens (including phenoxy) is 1. The van der Waals surface area contributed by atoms with Crippen molar-refractivity contribution in [3.63, 3.8) is 0 Å². The van der Waals surface area contributed by atoms with Gasteiger partial charge in [-0.15, -0.1) is 0 Å². The molecule has 0 aliphatic heterocycles. The van der Waals surface area contributed by atoms with Crippen LogP contribution in [0.2, 0.25) is 0 Å². The van der Waals surface area contributed by atoms with E-state index < -0.39 is 5.54 Å². The van der Waals surface area contributed by atoms with Gasteiger partial charge < -0.3 is 14.6 Å². The number of nitrogens with zero attached hydrogens (tertiary/aromatic N) is 3. The van der Waals surface area contributed by atoms with Gasteiger partial charge in [0.25, 0.3) is 0 Å². The van der Waals surface area contributed by atoms with Crippen LogP contribution in [0.3, 0.4) is 0 Å². The predicted octanol–water partition coefficient (Wildman–Crippen LogP) is 2.82. The van der Waals surface area contributed by atoms with Crippen molar-refractivity contribution in [3.05, 3.63) is 42.1 Å². The Morgan fingerprint density at radius 1 is 1.38 bits per heavy atom. The van der Waals surface area contributed by atoms with Gasteiger partial charge in [-0.2, -0.15) is 0 Å². The number of nitrogens with one attached hydrogen (secondary N) is 1. The SMILES string of the molecule is CCCCOc1ncccc1CNC(=O)C(C)(C)n1cnc(C)c1. The van der Waals surface area contributed by atoms with Crippen molar-refractivity contribution in [2.45, 2.75) is 52.6 Å². The second-order valence-corrected chi connectivity index (χ2v) is 6.33. The van der Waals surface area contributed by atoms with E-state index in [0.29, 0.717) is 19.0 Å². The van der Waals surface area contributed by atoms with Crippen LogP contribution in [-0.2, 0) is 16.9 Å². The van der Waals surface area contributed by atoms with E-state index in [0.717, 1.165) is 24.1 Å². The lowest BCUT2D eigenvalue weighted by Gasteiger charge is -2.25. The van der Waals surface area contributed by atoms with E-state index in [-0.39, 0.29) is 5.91 Å². The molecule has 0 unspecified atom stereocenters. The van der Waals surface area contributed by atoms with Gasteiger partial charge in [-0.25, -0.2) is 9.97 Å². The number of amides is 1. The molecule has 24 heavy (non-hydrogen) atoms. The van der Waals surface area contributed by atoms with Crippen LogP contribution in [0.15, 0.2) is 30.9 Å². The highest BCUT2D eigenvalue weighted by Gasteiger charge is 2.29. The number of aromatic nitrogens is 3.